The van der Waals surface area contributed by atoms with E-state index in [9.17, 15) is 4.79 Å². The van der Waals surface area contributed by atoms with Crippen LogP contribution in [-0.4, -0.2) is 25.5 Å². The van der Waals surface area contributed by atoms with Crippen molar-refractivity contribution in [3.8, 4) is 0 Å². The molecule has 1 amide bonds. The molecule has 1 aromatic carbocycles. The molecule has 0 aliphatic carbocycles. The number of aryl methyl sites for hydroxylation is 1. The van der Waals surface area contributed by atoms with Gasteiger partial charge in [-0.25, -0.2) is 0 Å². The van der Waals surface area contributed by atoms with Gasteiger partial charge >= 0.3 is 0 Å². The maximum absolute atomic E-state index is 12.1. The van der Waals surface area contributed by atoms with Crippen molar-refractivity contribution in [2.45, 2.75) is 20.3 Å². The van der Waals surface area contributed by atoms with Crippen molar-refractivity contribution in [3.05, 3.63) is 46.5 Å². The Morgan fingerprint density at radius 2 is 2.16 bits per heavy atom. The molecular formula is C15H21ClN2O. The summed E-state index contributed by atoms with van der Waals surface area (Å²) in [6, 6.07) is 5.84. The van der Waals surface area contributed by atoms with E-state index in [0.29, 0.717) is 6.54 Å². The number of nitrogens with one attached hydrogen (secondary N) is 2. The lowest BCUT2D eigenvalue weighted by atomic mass is 10.0. The quantitative estimate of drug-likeness (QED) is 0.835. The summed E-state index contributed by atoms with van der Waals surface area (Å²) in [6.07, 6.45) is 3.18. The number of benzene rings is 1. The van der Waals surface area contributed by atoms with Crippen LogP contribution in [0.5, 0.6) is 0 Å². The summed E-state index contributed by atoms with van der Waals surface area (Å²) in [6.45, 7) is 6.60. The van der Waals surface area contributed by atoms with Gasteiger partial charge in [-0.3, -0.25) is 4.79 Å². The Balaban J connectivity index is 0.00000180. The fourth-order valence-electron chi connectivity index (χ4n) is 2.12. The lowest BCUT2D eigenvalue weighted by Crippen LogP contribution is -2.30. The van der Waals surface area contributed by atoms with Gasteiger partial charge in [0.05, 0.1) is 0 Å². The van der Waals surface area contributed by atoms with E-state index in [0.717, 1.165) is 36.2 Å². The van der Waals surface area contributed by atoms with E-state index in [1.165, 1.54) is 5.57 Å². The number of amides is 1. The molecule has 2 rings (SSSR count). The van der Waals surface area contributed by atoms with Gasteiger partial charge < -0.3 is 10.6 Å². The van der Waals surface area contributed by atoms with E-state index in [1.54, 1.807) is 0 Å². The van der Waals surface area contributed by atoms with E-state index in [2.05, 4.69) is 16.7 Å². The first kappa shape index (κ1) is 15.7. The Morgan fingerprint density at radius 3 is 2.84 bits per heavy atom. The molecule has 104 valence electrons. The van der Waals surface area contributed by atoms with E-state index in [1.807, 2.05) is 32.0 Å². The zero-order valence-electron chi connectivity index (χ0n) is 11.5. The summed E-state index contributed by atoms with van der Waals surface area (Å²) in [5.41, 5.74) is 4.31. The zero-order valence-corrected chi connectivity index (χ0v) is 12.3. The molecule has 4 heteroatoms. The molecule has 1 heterocycles. The van der Waals surface area contributed by atoms with E-state index in [4.69, 9.17) is 0 Å². The summed E-state index contributed by atoms with van der Waals surface area (Å²) in [4.78, 5) is 12.1. The minimum atomic E-state index is 0. The molecule has 0 aromatic heterocycles. The first-order valence-electron chi connectivity index (χ1n) is 6.41. The molecule has 1 aliphatic rings. The zero-order chi connectivity index (χ0) is 13.0. The molecule has 0 saturated carbocycles. The van der Waals surface area contributed by atoms with Gasteiger partial charge in [-0.05, 0) is 44.0 Å². The topological polar surface area (TPSA) is 41.1 Å². The fraction of sp³-hybridized carbons (Fsp3) is 0.400. The molecule has 0 radical (unpaired) electrons. The maximum atomic E-state index is 12.1. The second-order valence-electron chi connectivity index (χ2n) is 4.75. The third kappa shape index (κ3) is 4.08. The third-order valence-electron chi connectivity index (χ3n) is 3.48. The van der Waals surface area contributed by atoms with Gasteiger partial charge in [0.1, 0.15) is 0 Å². The van der Waals surface area contributed by atoms with Crippen LogP contribution in [0, 0.1) is 13.8 Å². The van der Waals surface area contributed by atoms with Crippen LogP contribution in [0.4, 0.5) is 0 Å². The molecule has 3 nitrogen and oxygen atoms in total. The summed E-state index contributed by atoms with van der Waals surface area (Å²) in [5.74, 6) is 0.0237. The lowest BCUT2D eigenvalue weighted by Gasteiger charge is -2.15. The van der Waals surface area contributed by atoms with Crippen LogP contribution in [0.15, 0.2) is 29.8 Å². The summed E-state index contributed by atoms with van der Waals surface area (Å²) < 4.78 is 0. The second-order valence-corrected chi connectivity index (χ2v) is 4.75. The Bertz CT molecular complexity index is 483. The van der Waals surface area contributed by atoms with Crippen LogP contribution in [0.2, 0.25) is 0 Å². The van der Waals surface area contributed by atoms with Gasteiger partial charge in [0.15, 0.2) is 0 Å². The van der Waals surface area contributed by atoms with Crippen LogP contribution in [-0.2, 0) is 0 Å². The highest BCUT2D eigenvalue weighted by molar-refractivity contribution is 5.96. The summed E-state index contributed by atoms with van der Waals surface area (Å²) in [5, 5.41) is 6.26. The number of carbonyl (C=O) groups is 1. The Hall–Kier alpha value is -1.32. The van der Waals surface area contributed by atoms with Crippen LogP contribution in [0.1, 0.15) is 27.9 Å². The highest BCUT2D eigenvalue weighted by Crippen LogP contribution is 2.12. The number of rotatable bonds is 3. The minimum Gasteiger partial charge on any atom is -0.348 e. The van der Waals surface area contributed by atoms with Crippen LogP contribution in [0.25, 0.3) is 0 Å². The number of halogens is 1. The first-order chi connectivity index (χ1) is 8.68. The molecule has 0 bridgehead atoms. The molecule has 0 spiro atoms. The fourth-order valence-corrected chi connectivity index (χ4v) is 2.12. The largest absolute Gasteiger partial charge is 0.348 e. The van der Waals surface area contributed by atoms with Gasteiger partial charge in [-0.1, -0.05) is 23.8 Å². The van der Waals surface area contributed by atoms with Crippen molar-refractivity contribution in [1.29, 1.82) is 0 Å². The van der Waals surface area contributed by atoms with Gasteiger partial charge in [-0.2, -0.15) is 0 Å². The number of carbonyl (C=O) groups excluding carboxylic acids is 1. The van der Waals surface area contributed by atoms with Crippen LogP contribution < -0.4 is 10.6 Å². The summed E-state index contributed by atoms with van der Waals surface area (Å²) in [7, 11) is 0. The van der Waals surface area contributed by atoms with Crippen molar-refractivity contribution < 1.29 is 4.79 Å². The Kier molecular flexibility index (Phi) is 6.06. The van der Waals surface area contributed by atoms with Crippen molar-refractivity contribution in [3.63, 3.8) is 0 Å². The van der Waals surface area contributed by atoms with Crippen molar-refractivity contribution in [1.82, 2.24) is 10.6 Å². The molecule has 0 fully saturated rings. The lowest BCUT2D eigenvalue weighted by molar-refractivity contribution is 0.0956. The smallest absolute Gasteiger partial charge is 0.251 e. The van der Waals surface area contributed by atoms with Crippen molar-refractivity contribution >= 4 is 18.3 Å². The predicted octanol–water partition coefficient (Wildman–Crippen LogP) is 2.37. The van der Waals surface area contributed by atoms with Crippen LogP contribution in [0.3, 0.4) is 0 Å². The third-order valence-corrected chi connectivity index (χ3v) is 3.48. The molecular weight excluding hydrogens is 260 g/mol. The molecule has 1 aliphatic heterocycles. The molecule has 0 saturated heterocycles. The standard InChI is InChI=1S/C15H20N2O.ClH/c1-11-4-3-5-14(12(11)2)15(18)17-10-13-6-8-16-9-7-13;/h3-6,16H,7-10H2,1-2H3,(H,17,18);1H. The Morgan fingerprint density at radius 1 is 1.37 bits per heavy atom. The normalized spacial score (nSPS) is 14.3. The average molecular weight is 281 g/mol. The SMILES string of the molecule is Cc1cccc(C(=O)NCC2=CCNCC2)c1C.Cl. The monoisotopic (exact) mass is 280 g/mol. The maximum Gasteiger partial charge on any atom is 0.251 e. The van der Waals surface area contributed by atoms with E-state index >= 15 is 0 Å². The summed E-state index contributed by atoms with van der Waals surface area (Å²) >= 11 is 0. The molecule has 0 unspecified atom stereocenters. The highest BCUT2D eigenvalue weighted by Gasteiger charge is 2.10. The van der Waals surface area contributed by atoms with E-state index < -0.39 is 0 Å². The minimum absolute atomic E-state index is 0. The van der Waals surface area contributed by atoms with Gasteiger partial charge in [0.2, 0.25) is 0 Å². The average Bonchev–Trinajstić information content (AvgIpc) is 2.40. The van der Waals surface area contributed by atoms with Gasteiger partial charge in [0, 0.05) is 18.7 Å². The van der Waals surface area contributed by atoms with E-state index in [-0.39, 0.29) is 18.3 Å². The second kappa shape index (κ2) is 7.31. The molecule has 2 N–H and O–H groups in total. The molecule has 0 atom stereocenters. The van der Waals surface area contributed by atoms with Crippen molar-refractivity contribution in [2.75, 3.05) is 19.6 Å². The first-order valence-corrected chi connectivity index (χ1v) is 6.41. The Labute approximate surface area is 120 Å². The van der Waals surface area contributed by atoms with Crippen molar-refractivity contribution in [2.24, 2.45) is 0 Å². The van der Waals surface area contributed by atoms with Crippen LogP contribution >= 0.6 is 12.4 Å². The number of hydrogen-bond donors (Lipinski definition) is 2. The molecule has 1 aromatic rings. The van der Waals surface area contributed by atoms with Gasteiger partial charge in [-0.15, -0.1) is 12.4 Å². The van der Waals surface area contributed by atoms with Gasteiger partial charge in [0.25, 0.3) is 5.91 Å². The number of hydrogen-bond acceptors (Lipinski definition) is 2. The predicted molar refractivity (Wildman–Crippen MR) is 81.1 cm³/mol. The highest BCUT2D eigenvalue weighted by atomic mass is 35.5. The molecule has 19 heavy (non-hydrogen) atoms.